The first-order chi connectivity index (χ1) is 17.1. The molecule has 0 fully saturated rings. The van der Waals surface area contributed by atoms with Gasteiger partial charge in [0.1, 0.15) is 18.4 Å². The summed E-state index contributed by atoms with van der Waals surface area (Å²) in [6, 6.07) is 20.6. The minimum atomic E-state index is -3.86. The number of anilines is 1. The minimum Gasteiger partial charge on any atom is -0.357 e. The van der Waals surface area contributed by atoms with Crippen molar-refractivity contribution in [1.29, 1.82) is 0 Å². The van der Waals surface area contributed by atoms with E-state index in [0.29, 0.717) is 4.47 Å². The summed E-state index contributed by atoms with van der Waals surface area (Å²) in [5.41, 5.74) is 1.29. The molecular weight excluding hydrogens is 549 g/mol. The Morgan fingerprint density at radius 3 is 2.28 bits per heavy atom. The molecule has 3 aromatic carbocycles. The smallest absolute Gasteiger partial charge is 0.244 e. The van der Waals surface area contributed by atoms with Crippen LogP contribution in [0, 0.1) is 5.82 Å². The average Bonchev–Trinajstić information content (AvgIpc) is 2.85. The van der Waals surface area contributed by atoms with E-state index >= 15 is 0 Å². The molecule has 0 saturated carbocycles. The molecule has 3 rings (SSSR count). The van der Waals surface area contributed by atoms with Gasteiger partial charge in [-0.15, -0.1) is 0 Å². The van der Waals surface area contributed by atoms with E-state index in [4.69, 9.17) is 0 Å². The molecule has 0 bridgehead atoms. The number of sulfonamides is 1. The van der Waals surface area contributed by atoms with Crippen molar-refractivity contribution in [3.63, 3.8) is 0 Å². The zero-order chi connectivity index (χ0) is 26.3. The van der Waals surface area contributed by atoms with Crippen LogP contribution in [0.4, 0.5) is 10.1 Å². The second kappa shape index (κ2) is 12.1. The highest BCUT2D eigenvalue weighted by Crippen LogP contribution is 2.23. The molecule has 0 radical (unpaired) electrons. The van der Waals surface area contributed by atoms with Crippen LogP contribution in [0.2, 0.25) is 0 Å². The van der Waals surface area contributed by atoms with Crippen LogP contribution in [0.5, 0.6) is 0 Å². The maximum absolute atomic E-state index is 14.6. The maximum atomic E-state index is 14.6. The Bertz CT molecular complexity index is 1320. The van der Waals surface area contributed by atoms with Gasteiger partial charge in [0.2, 0.25) is 21.8 Å². The van der Waals surface area contributed by atoms with Gasteiger partial charge in [-0.05, 0) is 29.8 Å². The molecule has 0 spiro atoms. The van der Waals surface area contributed by atoms with Gasteiger partial charge in [0.05, 0.1) is 11.9 Å². The quantitative estimate of drug-likeness (QED) is 0.399. The summed E-state index contributed by atoms with van der Waals surface area (Å²) in [5, 5.41) is 2.58. The fraction of sp³-hybridized carbons (Fsp3) is 0.231. The predicted molar refractivity (Wildman–Crippen MR) is 141 cm³/mol. The summed E-state index contributed by atoms with van der Waals surface area (Å²) in [6.45, 7) is -0.779. The zero-order valence-electron chi connectivity index (χ0n) is 19.9. The topological polar surface area (TPSA) is 86.8 Å². The van der Waals surface area contributed by atoms with Gasteiger partial charge >= 0.3 is 0 Å². The molecule has 36 heavy (non-hydrogen) atoms. The lowest BCUT2D eigenvalue weighted by Crippen LogP contribution is -2.53. The van der Waals surface area contributed by atoms with Crippen molar-refractivity contribution < 1.29 is 22.4 Å². The van der Waals surface area contributed by atoms with Crippen LogP contribution in [0.15, 0.2) is 83.3 Å². The summed E-state index contributed by atoms with van der Waals surface area (Å²) in [7, 11) is -2.41. The van der Waals surface area contributed by atoms with Crippen molar-refractivity contribution >= 4 is 43.5 Å². The number of rotatable bonds is 10. The van der Waals surface area contributed by atoms with Gasteiger partial charge in [0.15, 0.2) is 0 Å². The van der Waals surface area contributed by atoms with E-state index in [1.54, 1.807) is 30.3 Å². The lowest BCUT2D eigenvalue weighted by molar-refractivity contribution is -0.139. The summed E-state index contributed by atoms with van der Waals surface area (Å²) in [5.74, 6) is -1.62. The molecular formula is C26H27BrFN3O4S. The fourth-order valence-corrected chi connectivity index (χ4v) is 5.00. The molecule has 0 heterocycles. The SMILES string of the molecule is CNC(=O)C(Cc1ccccc1)N(Cc1ccccc1F)C(=O)CN(c1cccc(Br)c1)S(C)(=O)=O. The maximum Gasteiger partial charge on any atom is 0.244 e. The van der Waals surface area contributed by atoms with Crippen molar-refractivity contribution in [2.24, 2.45) is 0 Å². The van der Waals surface area contributed by atoms with Crippen molar-refractivity contribution in [3.05, 3.63) is 100 Å². The van der Waals surface area contributed by atoms with E-state index in [9.17, 15) is 22.4 Å². The Morgan fingerprint density at radius 2 is 1.67 bits per heavy atom. The third-order valence-corrected chi connectivity index (χ3v) is 7.23. The van der Waals surface area contributed by atoms with E-state index < -0.39 is 40.2 Å². The molecule has 0 aliphatic carbocycles. The Labute approximate surface area is 219 Å². The van der Waals surface area contributed by atoms with Crippen LogP contribution in [0.3, 0.4) is 0 Å². The van der Waals surface area contributed by atoms with Gasteiger partial charge in [-0.25, -0.2) is 12.8 Å². The van der Waals surface area contributed by atoms with Crippen LogP contribution in [0.25, 0.3) is 0 Å². The van der Waals surface area contributed by atoms with Crippen LogP contribution in [-0.2, 0) is 32.6 Å². The number of nitrogens with zero attached hydrogens (tertiary/aromatic N) is 2. The first-order valence-corrected chi connectivity index (χ1v) is 13.8. The van der Waals surface area contributed by atoms with Crippen LogP contribution in [-0.4, -0.2) is 51.0 Å². The van der Waals surface area contributed by atoms with E-state index in [1.165, 1.54) is 30.1 Å². The Hall–Kier alpha value is -3.24. The highest BCUT2D eigenvalue weighted by Gasteiger charge is 2.33. The predicted octanol–water partition coefficient (Wildman–Crippen LogP) is 3.74. The summed E-state index contributed by atoms with van der Waals surface area (Å²) in [6.07, 6.45) is 1.17. The second-order valence-corrected chi connectivity index (χ2v) is 11.0. The summed E-state index contributed by atoms with van der Waals surface area (Å²) >= 11 is 3.32. The van der Waals surface area contributed by atoms with E-state index in [1.807, 2.05) is 30.3 Å². The number of benzene rings is 3. The lowest BCUT2D eigenvalue weighted by Gasteiger charge is -2.33. The van der Waals surface area contributed by atoms with Crippen LogP contribution < -0.4 is 9.62 Å². The first-order valence-electron chi connectivity index (χ1n) is 11.1. The largest absolute Gasteiger partial charge is 0.357 e. The fourth-order valence-electron chi connectivity index (χ4n) is 3.78. The van der Waals surface area contributed by atoms with Crippen LogP contribution in [0.1, 0.15) is 11.1 Å². The molecule has 3 aromatic rings. The van der Waals surface area contributed by atoms with Crippen molar-refractivity contribution in [1.82, 2.24) is 10.2 Å². The number of carbonyl (C=O) groups is 2. The number of amides is 2. The molecule has 1 atom stereocenters. The highest BCUT2D eigenvalue weighted by atomic mass is 79.9. The number of carbonyl (C=O) groups excluding carboxylic acids is 2. The molecule has 0 saturated heterocycles. The Kier molecular flexibility index (Phi) is 9.22. The first kappa shape index (κ1) is 27.3. The number of halogens is 2. The number of hydrogen-bond donors (Lipinski definition) is 1. The molecule has 7 nitrogen and oxygen atoms in total. The summed E-state index contributed by atoms with van der Waals surface area (Å²) in [4.78, 5) is 28.0. The second-order valence-electron chi connectivity index (χ2n) is 8.18. The zero-order valence-corrected chi connectivity index (χ0v) is 22.3. The molecule has 1 N–H and O–H groups in total. The third-order valence-electron chi connectivity index (χ3n) is 5.59. The molecule has 1 unspecified atom stereocenters. The standard InChI is InChI=1S/C26H27BrFN3O4S/c1-29-26(33)24(15-19-9-4-3-5-10-19)30(17-20-11-6-7-14-23(20)28)25(32)18-31(36(2,34)35)22-13-8-12-21(27)16-22/h3-14,16,24H,15,17-18H2,1-2H3,(H,29,33). The molecule has 190 valence electrons. The monoisotopic (exact) mass is 575 g/mol. The van der Waals surface area contributed by atoms with Gasteiger partial charge in [0.25, 0.3) is 0 Å². The van der Waals surface area contributed by atoms with Gasteiger partial charge in [-0.1, -0.05) is 70.5 Å². The average molecular weight is 576 g/mol. The number of nitrogens with one attached hydrogen (secondary N) is 1. The van der Waals surface area contributed by atoms with Crippen molar-refractivity contribution in [2.75, 3.05) is 24.2 Å². The van der Waals surface area contributed by atoms with Gasteiger partial charge in [0, 0.05) is 30.0 Å². The molecule has 0 aromatic heterocycles. The lowest BCUT2D eigenvalue weighted by atomic mass is 10.0. The highest BCUT2D eigenvalue weighted by molar-refractivity contribution is 9.10. The van der Waals surface area contributed by atoms with Gasteiger partial charge in [-0.3, -0.25) is 13.9 Å². The van der Waals surface area contributed by atoms with Gasteiger partial charge < -0.3 is 10.2 Å². The molecule has 2 amide bonds. The normalized spacial score (nSPS) is 12.0. The molecule has 0 aliphatic heterocycles. The minimum absolute atomic E-state index is 0.163. The van der Waals surface area contributed by atoms with Crippen molar-refractivity contribution in [3.8, 4) is 0 Å². The van der Waals surface area contributed by atoms with E-state index in [-0.39, 0.29) is 24.2 Å². The number of likely N-dealkylation sites (N-methyl/N-ethyl adjacent to an activating group) is 1. The molecule has 0 aliphatic rings. The Morgan fingerprint density at radius 1 is 1.00 bits per heavy atom. The molecule has 10 heteroatoms. The van der Waals surface area contributed by atoms with Crippen molar-refractivity contribution in [2.45, 2.75) is 19.0 Å². The summed E-state index contributed by atoms with van der Waals surface area (Å²) < 4.78 is 41.5. The van der Waals surface area contributed by atoms with E-state index in [2.05, 4.69) is 21.2 Å². The van der Waals surface area contributed by atoms with Crippen LogP contribution >= 0.6 is 15.9 Å². The Balaban J connectivity index is 2.04. The number of hydrogen-bond acceptors (Lipinski definition) is 4. The van der Waals surface area contributed by atoms with Gasteiger partial charge in [-0.2, -0.15) is 0 Å². The van der Waals surface area contributed by atoms with E-state index in [0.717, 1.165) is 16.1 Å². The third kappa shape index (κ3) is 7.14.